The maximum atomic E-state index is 11.5. The van der Waals surface area contributed by atoms with Crippen molar-refractivity contribution in [3.8, 4) is 0 Å². The van der Waals surface area contributed by atoms with Gasteiger partial charge in [-0.25, -0.2) is 0 Å². The van der Waals surface area contributed by atoms with Crippen LogP contribution in [-0.4, -0.2) is 24.3 Å². The number of hydrogen-bond acceptors (Lipinski definition) is 5. The van der Waals surface area contributed by atoms with Crippen LogP contribution in [0.5, 0.6) is 0 Å². The monoisotopic (exact) mass is 257 g/mol. The van der Waals surface area contributed by atoms with Gasteiger partial charge in [0.1, 0.15) is 5.71 Å². The average Bonchev–Trinajstić information content (AvgIpc) is 2.44. The molecule has 0 fully saturated rings. The quantitative estimate of drug-likeness (QED) is 0.393. The van der Waals surface area contributed by atoms with E-state index < -0.39 is 17.3 Å². The molecular formula is C14H15N3O2. The van der Waals surface area contributed by atoms with Crippen LogP contribution in [0.4, 0.5) is 5.69 Å². The first kappa shape index (κ1) is 14.4. The van der Waals surface area contributed by atoms with Gasteiger partial charge in [0.2, 0.25) is 11.6 Å². The Hall–Kier alpha value is -2.69. The third-order valence-electron chi connectivity index (χ3n) is 2.15. The van der Waals surface area contributed by atoms with E-state index in [0.29, 0.717) is 0 Å². The molecule has 0 saturated heterocycles. The van der Waals surface area contributed by atoms with Crippen LogP contribution in [0, 0.1) is 5.41 Å². The molecular weight excluding hydrogens is 242 g/mol. The van der Waals surface area contributed by atoms with Crippen LogP contribution >= 0.6 is 0 Å². The number of carbonyl (C=O) groups is 2. The molecule has 0 aliphatic rings. The van der Waals surface area contributed by atoms with E-state index in [2.05, 4.69) is 10.6 Å². The fourth-order valence-corrected chi connectivity index (χ4v) is 1.20. The van der Waals surface area contributed by atoms with E-state index >= 15 is 0 Å². The van der Waals surface area contributed by atoms with Crippen LogP contribution in [-0.2, 0) is 9.59 Å². The van der Waals surface area contributed by atoms with Crippen molar-refractivity contribution < 1.29 is 9.59 Å². The average molecular weight is 257 g/mol. The van der Waals surface area contributed by atoms with Gasteiger partial charge in [0.25, 0.3) is 0 Å². The normalized spacial score (nSPS) is 10.6. The first-order chi connectivity index (χ1) is 9.15. The molecule has 0 atom stereocenters. The third kappa shape index (κ3) is 4.99. The van der Waals surface area contributed by atoms with Crippen LogP contribution in [0.2, 0.25) is 0 Å². The molecule has 3 N–H and O–H groups in total. The Morgan fingerprint density at radius 3 is 2.21 bits per heavy atom. The summed E-state index contributed by atoms with van der Waals surface area (Å²) in [4.78, 5) is 22.9. The largest absolute Gasteiger partial charge is 0.394 e. The molecule has 0 spiro atoms. The van der Waals surface area contributed by atoms with Crippen molar-refractivity contribution in [3.05, 3.63) is 54.9 Å². The molecule has 0 heterocycles. The second kappa shape index (κ2) is 7.60. The van der Waals surface area contributed by atoms with Crippen molar-refractivity contribution in [1.29, 1.82) is 5.41 Å². The summed E-state index contributed by atoms with van der Waals surface area (Å²) in [5.74, 6) is -1.28. The van der Waals surface area contributed by atoms with Crippen LogP contribution in [0.1, 0.15) is 0 Å². The molecule has 0 aliphatic carbocycles. The third-order valence-corrected chi connectivity index (χ3v) is 2.15. The van der Waals surface area contributed by atoms with E-state index in [9.17, 15) is 9.59 Å². The Bertz CT molecular complexity index is 519. The van der Waals surface area contributed by atoms with Gasteiger partial charge in [-0.15, -0.1) is 0 Å². The standard InChI is InChI=1S/C14H15N3O2/c1-16-9-7-12(18)14(15)13(19)8-10-17-11-5-3-2-4-6-11/h2-10,15-17H,1H3. The zero-order valence-electron chi connectivity index (χ0n) is 10.5. The molecule has 0 aromatic heterocycles. The molecule has 0 aliphatic heterocycles. The van der Waals surface area contributed by atoms with Gasteiger partial charge in [-0.1, -0.05) is 18.2 Å². The van der Waals surface area contributed by atoms with E-state index in [1.54, 1.807) is 7.05 Å². The molecule has 5 nitrogen and oxygen atoms in total. The summed E-state index contributed by atoms with van der Waals surface area (Å²) in [6.45, 7) is 0. The lowest BCUT2D eigenvalue weighted by molar-refractivity contribution is -0.112. The molecule has 5 heteroatoms. The summed E-state index contributed by atoms with van der Waals surface area (Å²) in [7, 11) is 1.62. The first-order valence-corrected chi connectivity index (χ1v) is 5.64. The van der Waals surface area contributed by atoms with Gasteiger partial charge in [0.05, 0.1) is 0 Å². The van der Waals surface area contributed by atoms with Gasteiger partial charge in [-0.05, 0) is 12.1 Å². The summed E-state index contributed by atoms with van der Waals surface area (Å²) in [5.41, 5.74) is 0.247. The van der Waals surface area contributed by atoms with E-state index in [1.807, 2.05) is 30.3 Å². The van der Waals surface area contributed by atoms with Crippen molar-refractivity contribution >= 4 is 23.0 Å². The predicted octanol–water partition coefficient (Wildman–Crippen LogP) is 1.50. The number of anilines is 1. The van der Waals surface area contributed by atoms with E-state index in [-0.39, 0.29) is 0 Å². The predicted molar refractivity (Wildman–Crippen MR) is 75.1 cm³/mol. The number of para-hydroxylation sites is 1. The van der Waals surface area contributed by atoms with Gasteiger partial charge < -0.3 is 10.6 Å². The molecule has 0 radical (unpaired) electrons. The maximum absolute atomic E-state index is 11.5. The first-order valence-electron chi connectivity index (χ1n) is 5.64. The molecule has 0 bridgehead atoms. The zero-order valence-corrected chi connectivity index (χ0v) is 10.5. The molecule has 0 saturated carbocycles. The fourth-order valence-electron chi connectivity index (χ4n) is 1.20. The van der Waals surface area contributed by atoms with Gasteiger partial charge in [-0.3, -0.25) is 15.0 Å². The van der Waals surface area contributed by atoms with Gasteiger partial charge in [0, 0.05) is 37.3 Å². The highest BCUT2D eigenvalue weighted by atomic mass is 16.1. The zero-order chi connectivity index (χ0) is 14.1. The smallest absolute Gasteiger partial charge is 0.208 e. The molecule has 19 heavy (non-hydrogen) atoms. The highest BCUT2D eigenvalue weighted by Crippen LogP contribution is 2.04. The van der Waals surface area contributed by atoms with Crippen LogP contribution < -0.4 is 10.6 Å². The fraction of sp³-hybridized carbons (Fsp3) is 0.0714. The van der Waals surface area contributed by atoms with Gasteiger partial charge in [0.15, 0.2) is 0 Å². The van der Waals surface area contributed by atoms with Crippen molar-refractivity contribution in [2.24, 2.45) is 0 Å². The number of allylic oxidation sites excluding steroid dienone is 2. The molecule has 1 aromatic rings. The Morgan fingerprint density at radius 1 is 1.05 bits per heavy atom. The van der Waals surface area contributed by atoms with Crippen molar-refractivity contribution in [3.63, 3.8) is 0 Å². The maximum Gasteiger partial charge on any atom is 0.208 e. The minimum absolute atomic E-state index is 0.572. The highest BCUT2D eigenvalue weighted by molar-refractivity contribution is 6.69. The van der Waals surface area contributed by atoms with E-state index in [4.69, 9.17) is 5.41 Å². The number of nitrogens with one attached hydrogen (secondary N) is 3. The van der Waals surface area contributed by atoms with Crippen LogP contribution in [0.15, 0.2) is 54.9 Å². The SMILES string of the molecule is CNC=CC(=O)C(=N)C(=O)C=CNc1ccccc1. The number of hydrogen-bond donors (Lipinski definition) is 3. The summed E-state index contributed by atoms with van der Waals surface area (Å²) in [6.07, 6.45) is 5.07. The highest BCUT2D eigenvalue weighted by Gasteiger charge is 2.12. The van der Waals surface area contributed by atoms with Crippen LogP contribution in [0.3, 0.4) is 0 Å². The van der Waals surface area contributed by atoms with E-state index in [1.165, 1.54) is 12.4 Å². The second-order valence-electron chi connectivity index (χ2n) is 3.57. The van der Waals surface area contributed by atoms with Crippen molar-refractivity contribution in [1.82, 2.24) is 5.32 Å². The lowest BCUT2D eigenvalue weighted by atomic mass is 10.1. The number of ketones is 2. The molecule has 0 amide bonds. The Balaban J connectivity index is 2.53. The minimum atomic E-state index is -0.644. The van der Waals surface area contributed by atoms with Gasteiger partial charge >= 0.3 is 0 Å². The number of rotatable bonds is 7. The Labute approximate surface area is 111 Å². The summed E-state index contributed by atoms with van der Waals surface area (Å²) in [5, 5.41) is 12.9. The Morgan fingerprint density at radius 2 is 1.63 bits per heavy atom. The topological polar surface area (TPSA) is 82.1 Å². The van der Waals surface area contributed by atoms with E-state index in [0.717, 1.165) is 17.8 Å². The summed E-state index contributed by atoms with van der Waals surface area (Å²) < 4.78 is 0. The van der Waals surface area contributed by atoms with Crippen molar-refractivity contribution in [2.75, 3.05) is 12.4 Å². The molecule has 0 unspecified atom stereocenters. The molecule has 1 aromatic carbocycles. The van der Waals surface area contributed by atoms with Crippen molar-refractivity contribution in [2.45, 2.75) is 0 Å². The molecule has 98 valence electrons. The lowest BCUT2D eigenvalue weighted by Crippen LogP contribution is -2.20. The van der Waals surface area contributed by atoms with Crippen LogP contribution in [0.25, 0.3) is 0 Å². The number of benzene rings is 1. The molecule has 1 rings (SSSR count). The lowest BCUT2D eigenvalue weighted by Gasteiger charge is -1.98. The summed E-state index contributed by atoms with van der Waals surface area (Å²) >= 11 is 0. The van der Waals surface area contributed by atoms with Gasteiger partial charge in [-0.2, -0.15) is 0 Å². The second-order valence-corrected chi connectivity index (χ2v) is 3.57. The summed E-state index contributed by atoms with van der Waals surface area (Å²) in [6, 6.07) is 9.25. The Kier molecular flexibility index (Phi) is 5.75. The minimum Gasteiger partial charge on any atom is -0.394 e. The number of carbonyl (C=O) groups excluding carboxylic acids is 2.